The van der Waals surface area contributed by atoms with E-state index in [0.29, 0.717) is 11.1 Å². The zero-order chi connectivity index (χ0) is 28.1. The molecule has 2 aromatic carbocycles. The molecule has 0 aliphatic rings. The second-order valence-corrected chi connectivity index (χ2v) is 9.99. The molecule has 0 atom stereocenters. The van der Waals surface area contributed by atoms with Gasteiger partial charge < -0.3 is 27.5 Å². The Labute approximate surface area is 223 Å². The summed E-state index contributed by atoms with van der Waals surface area (Å²) in [6, 6.07) is 17.4. The SMILES string of the molecule is C=C(OCC)C(=O)O[Si](OC(=O)C(=C)OCC)(OC(=O)C(=C)OCC)C(c1ccccc1)c1ccccc1. The van der Waals surface area contributed by atoms with E-state index < -0.39 is 32.3 Å². The molecule has 0 spiro atoms. The molecule has 0 saturated heterocycles. The highest BCUT2D eigenvalue weighted by Crippen LogP contribution is 2.38. The fourth-order valence-corrected chi connectivity index (χ4v) is 6.19. The van der Waals surface area contributed by atoms with E-state index >= 15 is 0 Å². The lowest BCUT2D eigenvalue weighted by Crippen LogP contribution is -2.56. The normalized spacial score (nSPS) is 10.6. The first kappa shape index (κ1) is 29.9. The van der Waals surface area contributed by atoms with Gasteiger partial charge in [0.15, 0.2) is 17.3 Å². The van der Waals surface area contributed by atoms with Crippen molar-refractivity contribution in [2.75, 3.05) is 19.8 Å². The number of carbonyl (C=O) groups is 3. The summed E-state index contributed by atoms with van der Waals surface area (Å²) in [6.07, 6.45) is 0. The summed E-state index contributed by atoms with van der Waals surface area (Å²) in [5.74, 6) is -4.36. The van der Waals surface area contributed by atoms with Gasteiger partial charge in [0.05, 0.1) is 19.8 Å². The van der Waals surface area contributed by atoms with Gasteiger partial charge in [0.1, 0.15) is 5.54 Å². The van der Waals surface area contributed by atoms with Crippen molar-refractivity contribution in [3.05, 3.63) is 109 Å². The zero-order valence-corrected chi connectivity index (χ0v) is 22.8. The third-order valence-corrected chi connectivity index (χ3v) is 7.75. The maximum atomic E-state index is 13.2. The molecule has 0 radical (unpaired) electrons. The fourth-order valence-electron chi connectivity index (χ4n) is 3.39. The maximum absolute atomic E-state index is 13.2. The molecule has 0 aromatic heterocycles. The van der Waals surface area contributed by atoms with E-state index in [-0.39, 0.29) is 37.1 Å². The summed E-state index contributed by atoms with van der Waals surface area (Å²) in [5, 5.41) is 0. The number of hydrogen-bond acceptors (Lipinski definition) is 9. The Morgan fingerprint density at radius 3 is 1.16 bits per heavy atom. The third-order valence-electron chi connectivity index (χ3n) is 4.96. The van der Waals surface area contributed by atoms with E-state index in [0.717, 1.165) is 0 Å². The Kier molecular flexibility index (Phi) is 11.4. The molecule has 0 unspecified atom stereocenters. The van der Waals surface area contributed by atoms with Crippen molar-refractivity contribution in [1.29, 1.82) is 0 Å². The number of rotatable bonds is 15. The van der Waals surface area contributed by atoms with Crippen molar-refractivity contribution < 1.29 is 41.9 Å². The van der Waals surface area contributed by atoms with Crippen molar-refractivity contribution in [3.8, 4) is 0 Å². The van der Waals surface area contributed by atoms with Crippen LogP contribution in [0.2, 0.25) is 0 Å². The topological polar surface area (TPSA) is 107 Å². The first-order valence-corrected chi connectivity index (χ1v) is 13.7. The van der Waals surface area contributed by atoms with Gasteiger partial charge >= 0.3 is 26.7 Å². The summed E-state index contributed by atoms with van der Waals surface area (Å²) < 4.78 is 33.1. The molecule has 0 fully saturated rings. The molecular weight excluding hydrogens is 508 g/mol. The Hall–Kier alpha value is -4.31. The highest BCUT2D eigenvalue weighted by atomic mass is 28.4. The molecule has 0 aliphatic carbocycles. The molecule has 2 aromatic rings. The highest BCUT2D eigenvalue weighted by Gasteiger charge is 2.62. The van der Waals surface area contributed by atoms with E-state index in [9.17, 15) is 14.4 Å². The Bertz CT molecular complexity index is 1030. The Morgan fingerprint density at radius 1 is 0.605 bits per heavy atom. The van der Waals surface area contributed by atoms with Crippen LogP contribution in [0.1, 0.15) is 37.4 Å². The monoisotopic (exact) mass is 540 g/mol. The van der Waals surface area contributed by atoms with Gasteiger partial charge in [-0.25, -0.2) is 14.4 Å². The molecular formula is C28H32O9Si. The van der Waals surface area contributed by atoms with E-state index in [2.05, 4.69) is 19.7 Å². The second kappa shape index (κ2) is 14.4. The number of benzene rings is 2. The van der Waals surface area contributed by atoms with Crippen molar-refractivity contribution in [1.82, 2.24) is 0 Å². The van der Waals surface area contributed by atoms with Crippen molar-refractivity contribution in [2.24, 2.45) is 0 Å². The number of carbonyl (C=O) groups excluding carboxylic acids is 3. The molecule has 38 heavy (non-hydrogen) atoms. The fraction of sp³-hybridized carbons (Fsp3) is 0.250. The minimum Gasteiger partial charge on any atom is -0.487 e. The average Bonchev–Trinajstić information content (AvgIpc) is 2.90. The summed E-state index contributed by atoms with van der Waals surface area (Å²) in [6.45, 7) is 16.0. The van der Waals surface area contributed by atoms with Crippen LogP contribution in [0.3, 0.4) is 0 Å². The minimum atomic E-state index is -4.84. The van der Waals surface area contributed by atoms with E-state index in [1.807, 2.05) is 0 Å². The van der Waals surface area contributed by atoms with Gasteiger partial charge in [-0.2, -0.15) is 0 Å². The number of hydrogen-bond donors (Lipinski definition) is 0. The third kappa shape index (κ3) is 7.84. The lowest BCUT2D eigenvalue weighted by molar-refractivity contribution is -0.150. The van der Waals surface area contributed by atoms with E-state index in [1.54, 1.807) is 81.4 Å². The average molecular weight is 541 g/mol. The van der Waals surface area contributed by atoms with Crippen LogP contribution in [0, 0.1) is 0 Å². The predicted molar refractivity (Wildman–Crippen MR) is 141 cm³/mol. The lowest BCUT2D eigenvalue weighted by atomic mass is 10.0. The van der Waals surface area contributed by atoms with Gasteiger partial charge in [-0.3, -0.25) is 0 Å². The van der Waals surface area contributed by atoms with Gasteiger partial charge in [0.2, 0.25) is 0 Å². The molecule has 0 saturated carbocycles. The maximum Gasteiger partial charge on any atom is 0.718 e. The molecule has 0 bridgehead atoms. The highest BCUT2D eigenvalue weighted by molar-refractivity contribution is 6.68. The van der Waals surface area contributed by atoms with Gasteiger partial charge in [-0.05, 0) is 51.6 Å². The molecule has 0 aliphatic heterocycles. The van der Waals surface area contributed by atoms with Crippen LogP contribution in [0.4, 0.5) is 0 Å². The van der Waals surface area contributed by atoms with Crippen molar-refractivity contribution >= 4 is 26.7 Å². The van der Waals surface area contributed by atoms with Crippen molar-refractivity contribution in [3.63, 3.8) is 0 Å². The Morgan fingerprint density at radius 2 is 0.895 bits per heavy atom. The molecule has 0 N–H and O–H groups in total. The Balaban J connectivity index is 2.82. The smallest absolute Gasteiger partial charge is 0.487 e. The van der Waals surface area contributed by atoms with E-state index in [4.69, 9.17) is 27.5 Å². The first-order chi connectivity index (χ1) is 18.2. The predicted octanol–water partition coefficient (Wildman–Crippen LogP) is 4.58. The quantitative estimate of drug-likeness (QED) is 0.182. The second-order valence-electron chi connectivity index (χ2n) is 7.60. The van der Waals surface area contributed by atoms with Crippen LogP contribution in [0.15, 0.2) is 97.7 Å². The first-order valence-electron chi connectivity index (χ1n) is 11.9. The van der Waals surface area contributed by atoms with Gasteiger partial charge in [-0.15, -0.1) is 0 Å². The largest absolute Gasteiger partial charge is 0.718 e. The molecule has 0 amide bonds. The van der Waals surface area contributed by atoms with Crippen LogP contribution >= 0.6 is 0 Å². The molecule has 10 heteroatoms. The lowest BCUT2D eigenvalue weighted by Gasteiger charge is -2.34. The van der Waals surface area contributed by atoms with Gasteiger partial charge in [0.25, 0.3) is 0 Å². The van der Waals surface area contributed by atoms with E-state index in [1.165, 1.54) is 0 Å². The molecule has 2 rings (SSSR count). The van der Waals surface area contributed by atoms with Gasteiger partial charge in [0, 0.05) is 0 Å². The summed E-state index contributed by atoms with van der Waals surface area (Å²) in [7, 11) is -4.84. The standard InChI is InChI=1S/C28H32O9Si/c1-7-32-20(4)26(29)35-38(36-27(30)21(5)33-8-2,37-28(31)22(6)34-9-3)25(23-16-12-10-13-17-23)24-18-14-11-15-19-24/h10-19,25H,4-9H2,1-3H3. The zero-order valence-electron chi connectivity index (χ0n) is 21.8. The number of ether oxygens (including phenoxy) is 3. The summed E-state index contributed by atoms with van der Waals surface area (Å²) in [5.41, 5.74) is 0.00898. The van der Waals surface area contributed by atoms with Crippen molar-refractivity contribution in [2.45, 2.75) is 26.3 Å². The minimum absolute atomic E-state index is 0.116. The molecule has 9 nitrogen and oxygen atoms in total. The van der Waals surface area contributed by atoms with Crippen LogP contribution in [0.25, 0.3) is 0 Å². The summed E-state index contributed by atoms with van der Waals surface area (Å²) in [4.78, 5) is 39.5. The van der Waals surface area contributed by atoms with Gasteiger partial charge in [-0.1, -0.05) is 60.7 Å². The summed E-state index contributed by atoms with van der Waals surface area (Å²) >= 11 is 0. The molecule has 202 valence electrons. The van der Waals surface area contributed by atoms with Crippen LogP contribution < -0.4 is 0 Å². The van der Waals surface area contributed by atoms with Crippen LogP contribution in [-0.2, 0) is 41.9 Å². The molecule has 0 heterocycles. The van der Waals surface area contributed by atoms with Crippen LogP contribution in [-0.4, -0.2) is 46.5 Å². The van der Waals surface area contributed by atoms with Crippen LogP contribution in [0.5, 0.6) is 0 Å².